The van der Waals surface area contributed by atoms with E-state index in [2.05, 4.69) is 4.98 Å². The van der Waals surface area contributed by atoms with Crippen LogP contribution in [0, 0.1) is 5.92 Å². The lowest BCUT2D eigenvalue weighted by molar-refractivity contribution is -0.150. The summed E-state index contributed by atoms with van der Waals surface area (Å²) in [5, 5.41) is 1.57. The van der Waals surface area contributed by atoms with Gasteiger partial charge in [-0.05, 0) is 57.9 Å². The van der Waals surface area contributed by atoms with Gasteiger partial charge >= 0.3 is 12.1 Å². The third-order valence-electron chi connectivity index (χ3n) is 4.99. The van der Waals surface area contributed by atoms with Crippen LogP contribution in [-0.4, -0.2) is 47.2 Å². The number of halogens is 1. The standard InChI is InChI=1S/C22H27ClN2O4/c1-5-28-20(26)18-13-25(21(27)29-22(2,3)4)11-9-16(18)15-8-10-24-19-12-14(23)6-7-17(15)19/h6-8,10,12,16,18H,5,9,11,13H2,1-4H3/t16-,18-/m1/s1. The number of fused-ring (bicyclic) bond motifs is 1. The second-order valence-corrected chi connectivity index (χ2v) is 8.68. The number of ether oxygens (including phenoxy) is 2. The molecule has 3 rings (SSSR count). The van der Waals surface area contributed by atoms with Crippen molar-refractivity contribution in [3.63, 3.8) is 0 Å². The molecule has 1 fully saturated rings. The van der Waals surface area contributed by atoms with Crippen molar-refractivity contribution in [1.82, 2.24) is 9.88 Å². The van der Waals surface area contributed by atoms with E-state index >= 15 is 0 Å². The lowest BCUT2D eigenvalue weighted by Gasteiger charge is -2.38. The highest BCUT2D eigenvalue weighted by Crippen LogP contribution is 2.38. The maximum absolute atomic E-state index is 12.8. The molecule has 1 aromatic heterocycles. The highest BCUT2D eigenvalue weighted by molar-refractivity contribution is 6.31. The Morgan fingerprint density at radius 3 is 2.72 bits per heavy atom. The molecule has 1 saturated heterocycles. The van der Waals surface area contributed by atoms with Gasteiger partial charge in [-0.25, -0.2) is 4.79 Å². The van der Waals surface area contributed by atoms with Crippen molar-refractivity contribution in [2.75, 3.05) is 19.7 Å². The van der Waals surface area contributed by atoms with Crippen molar-refractivity contribution in [2.24, 2.45) is 5.92 Å². The molecule has 0 bridgehead atoms. The number of hydrogen-bond acceptors (Lipinski definition) is 5. The van der Waals surface area contributed by atoms with E-state index in [1.807, 2.05) is 45.0 Å². The molecular weight excluding hydrogens is 392 g/mol. The van der Waals surface area contributed by atoms with Gasteiger partial charge in [0.2, 0.25) is 0 Å². The number of piperidine rings is 1. The molecule has 0 radical (unpaired) electrons. The maximum Gasteiger partial charge on any atom is 0.410 e. The van der Waals surface area contributed by atoms with E-state index in [4.69, 9.17) is 21.1 Å². The molecule has 1 aromatic carbocycles. The van der Waals surface area contributed by atoms with Crippen LogP contribution in [-0.2, 0) is 14.3 Å². The minimum absolute atomic E-state index is 0.0839. The van der Waals surface area contributed by atoms with Crippen molar-refractivity contribution >= 4 is 34.6 Å². The molecule has 0 saturated carbocycles. The van der Waals surface area contributed by atoms with Crippen molar-refractivity contribution in [3.05, 3.63) is 41.0 Å². The normalized spacial score (nSPS) is 19.8. The molecule has 29 heavy (non-hydrogen) atoms. The number of nitrogens with zero attached hydrogens (tertiary/aromatic N) is 2. The van der Waals surface area contributed by atoms with Gasteiger partial charge in [0.05, 0.1) is 18.0 Å². The SMILES string of the molecule is CCOC(=O)[C@@H]1CN(C(=O)OC(C)(C)C)CC[C@@H]1c1ccnc2cc(Cl)ccc12. The molecule has 7 heteroatoms. The summed E-state index contributed by atoms with van der Waals surface area (Å²) >= 11 is 6.11. The Balaban J connectivity index is 1.93. The third-order valence-corrected chi connectivity index (χ3v) is 5.23. The topological polar surface area (TPSA) is 68.7 Å². The number of carbonyl (C=O) groups is 2. The smallest absolute Gasteiger partial charge is 0.410 e. The lowest BCUT2D eigenvalue weighted by atomic mass is 9.79. The Morgan fingerprint density at radius 2 is 2.03 bits per heavy atom. The van der Waals surface area contributed by atoms with Gasteiger partial charge in [-0.1, -0.05) is 17.7 Å². The molecule has 2 heterocycles. The number of benzene rings is 1. The summed E-state index contributed by atoms with van der Waals surface area (Å²) in [5.74, 6) is -0.860. The first-order valence-corrected chi connectivity index (χ1v) is 10.3. The molecule has 0 N–H and O–H groups in total. The zero-order chi connectivity index (χ0) is 21.2. The van der Waals surface area contributed by atoms with Crippen molar-refractivity contribution in [3.8, 4) is 0 Å². The summed E-state index contributed by atoms with van der Waals surface area (Å²) in [5.41, 5.74) is 1.22. The third kappa shape index (κ3) is 4.99. The first-order chi connectivity index (χ1) is 13.7. The van der Waals surface area contributed by atoms with Crippen molar-refractivity contribution < 1.29 is 19.1 Å². The van der Waals surface area contributed by atoms with Crippen LogP contribution in [0.15, 0.2) is 30.5 Å². The van der Waals surface area contributed by atoms with Crippen LogP contribution in [0.2, 0.25) is 5.02 Å². The Hall–Kier alpha value is -2.34. The molecular formula is C22H27ClN2O4. The largest absolute Gasteiger partial charge is 0.466 e. The first-order valence-electron chi connectivity index (χ1n) is 9.88. The second kappa shape index (κ2) is 8.57. The Bertz CT molecular complexity index is 909. The van der Waals surface area contributed by atoms with Gasteiger partial charge in [0.25, 0.3) is 0 Å². The molecule has 0 unspecified atom stereocenters. The Labute approximate surface area is 176 Å². The van der Waals surface area contributed by atoms with E-state index in [1.165, 1.54) is 0 Å². The minimum Gasteiger partial charge on any atom is -0.466 e. The Kier molecular flexibility index (Phi) is 6.32. The molecule has 1 aliphatic heterocycles. The zero-order valence-corrected chi connectivity index (χ0v) is 18.0. The van der Waals surface area contributed by atoms with Crippen LogP contribution in [0.4, 0.5) is 4.79 Å². The van der Waals surface area contributed by atoms with Gasteiger partial charge in [0, 0.05) is 35.6 Å². The maximum atomic E-state index is 12.8. The van der Waals surface area contributed by atoms with Gasteiger partial charge in [-0.3, -0.25) is 9.78 Å². The van der Waals surface area contributed by atoms with Crippen molar-refractivity contribution in [2.45, 2.75) is 45.6 Å². The van der Waals surface area contributed by atoms with Crippen LogP contribution < -0.4 is 0 Å². The Morgan fingerprint density at radius 1 is 1.28 bits per heavy atom. The van der Waals surface area contributed by atoms with Gasteiger partial charge in [0.15, 0.2) is 0 Å². The van der Waals surface area contributed by atoms with Gasteiger partial charge in [-0.2, -0.15) is 0 Å². The number of hydrogen-bond donors (Lipinski definition) is 0. The highest BCUT2D eigenvalue weighted by atomic mass is 35.5. The molecule has 0 aliphatic carbocycles. The molecule has 0 spiro atoms. The highest BCUT2D eigenvalue weighted by Gasteiger charge is 2.39. The summed E-state index contributed by atoms with van der Waals surface area (Å²) in [6.45, 7) is 8.33. The first kappa shape index (κ1) is 21.4. The zero-order valence-electron chi connectivity index (χ0n) is 17.3. The minimum atomic E-state index is -0.589. The summed E-state index contributed by atoms with van der Waals surface area (Å²) in [7, 11) is 0. The number of rotatable bonds is 3. The van der Waals surface area contributed by atoms with Crippen LogP contribution in [0.3, 0.4) is 0 Å². The van der Waals surface area contributed by atoms with E-state index in [-0.39, 0.29) is 18.4 Å². The van der Waals surface area contributed by atoms with E-state index < -0.39 is 17.6 Å². The van der Waals surface area contributed by atoms with E-state index in [0.717, 1.165) is 16.5 Å². The second-order valence-electron chi connectivity index (χ2n) is 8.24. The molecule has 6 nitrogen and oxygen atoms in total. The van der Waals surface area contributed by atoms with E-state index in [1.54, 1.807) is 18.0 Å². The lowest BCUT2D eigenvalue weighted by Crippen LogP contribution is -2.47. The molecule has 1 amide bonds. The van der Waals surface area contributed by atoms with Crippen molar-refractivity contribution in [1.29, 1.82) is 0 Å². The summed E-state index contributed by atoms with van der Waals surface area (Å²) in [6.07, 6.45) is 1.96. The van der Waals surface area contributed by atoms with Crippen LogP contribution in [0.5, 0.6) is 0 Å². The number of esters is 1. The molecule has 156 valence electrons. The van der Waals surface area contributed by atoms with Crippen LogP contribution in [0.25, 0.3) is 10.9 Å². The monoisotopic (exact) mass is 418 g/mol. The van der Waals surface area contributed by atoms with Gasteiger partial charge in [-0.15, -0.1) is 0 Å². The number of aromatic nitrogens is 1. The van der Waals surface area contributed by atoms with E-state index in [9.17, 15) is 9.59 Å². The average molecular weight is 419 g/mol. The quantitative estimate of drug-likeness (QED) is 0.670. The average Bonchev–Trinajstić information content (AvgIpc) is 2.65. The number of likely N-dealkylation sites (tertiary alicyclic amines) is 1. The van der Waals surface area contributed by atoms with Crippen LogP contribution in [0.1, 0.15) is 45.6 Å². The fraction of sp³-hybridized carbons (Fsp3) is 0.500. The predicted molar refractivity (Wildman–Crippen MR) is 112 cm³/mol. The summed E-state index contributed by atoms with van der Waals surface area (Å²) in [6, 6.07) is 7.51. The molecule has 2 atom stereocenters. The summed E-state index contributed by atoms with van der Waals surface area (Å²) in [4.78, 5) is 31.4. The summed E-state index contributed by atoms with van der Waals surface area (Å²) < 4.78 is 10.8. The molecule has 2 aromatic rings. The number of carbonyl (C=O) groups excluding carboxylic acids is 2. The van der Waals surface area contributed by atoms with E-state index in [0.29, 0.717) is 24.6 Å². The number of amides is 1. The fourth-order valence-corrected chi connectivity index (χ4v) is 3.94. The van der Waals surface area contributed by atoms with Crippen LogP contribution >= 0.6 is 11.6 Å². The fourth-order valence-electron chi connectivity index (χ4n) is 3.77. The molecule has 1 aliphatic rings. The predicted octanol–water partition coefficient (Wildman–Crippen LogP) is 4.79. The van der Waals surface area contributed by atoms with Gasteiger partial charge < -0.3 is 14.4 Å². The van der Waals surface area contributed by atoms with Gasteiger partial charge in [0.1, 0.15) is 5.60 Å². The number of pyridine rings is 1.